The van der Waals surface area contributed by atoms with Gasteiger partial charge in [0, 0.05) is 17.5 Å². The van der Waals surface area contributed by atoms with E-state index in [0.29, 0.717) is 21.9 Å². The molecule has 3 nitrogen and oxygen atoms in total. The lowest BCUT2D eigenvalue weighted by atomic mass is 9.89. The van der Waals surface area contributed by atoms with E-state index >= 15 is 0 Å². The summed E-state index contributed by atoms with van der Waals surface area (Å²) < 4.78 is 0. The third kappa shape index (κ3) is 6.45. The summed E-state index contributed by atoms with van der Waals surface area (Å²) >= 11 is 13.7. The Hall–Kier alpha value is -1.07. The minimum Gasteiger partial charge on any atom is -0.347 e. The normalized spacial score (nSPS) is 16.9. The molecule has 2 aromatic rings. The van der Waals surface area contributed by atoms with Gasteiger partial charge in [0.15, 0.2) is 0 Å². The number of amides is 1. The highest BCUT2D eigenvalue weighted by atomic mass is 35.5. The number of nitrogens with zero attached hydrogens (tertiary/aromatic N) is 1. The van der Waals surface area contributed by atoms with E-state index in [2.05, 4.69) is 30.1 Å². The number of rotatable bonds is 7. The third-order valence-electron chi connectivity index (χ3n) is 5.76. The zero-order valence-electron chi connectivity index (χ0n) is 17.4. The van der Waals surface area contributed by atoms with Gasteiger partial charge < -0.3 is 10.2 Å². The Morgan fingerprint density at radius 2 is 1.90 bits per heavy atom. The molecular formula is C23H30Cl2N2OS. The summed E-state index contributed by atoms with van der Waals surface area (Å²) in [6, 6.07) is 10.0. The van der Waals surface area contributed by atoms with Crippen molar-refractivity contribution < 1.29 is 4.79 Å². The first-order valence-corrected chi connectivity index (χ1v) is 11.9. The number of aryl methyl sites for hydroxylation is 1. The van der Waals surface area contributed by atoms with E-state index in [-0.39, 0.29) is 11.9 Å². The highest BCUT2D eigenvalue weighted by molar-refractivity contribution is 7.13. The van der Waals surface area contributed by atoms with E-state index in [1.54, 1.807) is 11.3 Å². The number of likely N-dealkylation sites (tertiary alicyclic amines) is 1. The molecule has 0 saturated carbocycles. The summed E-state index contributed by atoms with van der Waals surface area (Å²) in [4.78, 5) is 17.0. The van der Waals surface area contributed by atoms with Crippen LogP contribution in [0.5, 0.6) is 0 Å². The van der Waals surface area contributed by atoms with Gasteiger partial charge in [-0.15, -0.1) is 11.3 Å². The Kier molecular flexibility index (Phi) is 8.03. The molecule has 0 spiro atoms. The average Bonchev–Trinajstić information content (AvgIpc) is 3.12. The van der Waals surface area contributed by atoms with Gasteiger partial charge >= 0.3 is 0 Å². The summed E-state index contributed by atoms with van der Waals surface area (Å²) in [5.74, 6) is 1.12. The van der Waals surface area contributed by atoms with Gasteiger partial charge in [-0.25, -0.2) is 0 Å². The van der Waals surface area contributed by atoms with Crippen LogP contribution in [0.15, 0.2) is 30.3 Å². The van der Waals surface area contributed by atoms with Crippen molar-refractivity contribution in [2.45, 2.75) is 46.1 Å². The Bertz CT molecular complexity index is 828. The molecule has 158 valence electrons. The van der Waals surface area contributed by atoms with Crippen molar-refractivity contribution in [3.63, 3.8) is 0 Å². The van der Waals surface area contributed by atoms with Crippen LogP contribution in [0.3, 0.4) is 0 Å². The van der Waals surface area contributed by atoms with Gasteiger partial charge in [-0.1, -0.05) is 43.1 Å². The number of piperidine rings is 1. The summed E-state index contributed by atoms with van der Waals surface area (Å²) in [5, 5.41) is 4.51. The van der Waals surface area contributed by atoms with E-state index in [1.165, 1.54) is 23.3 Å². The third-order valence-corrected chi connectivity index (χ3v) is 7.49. The minimum atomic E-state index is 0.0521. The maximum absolute atomic E-state index is 12.6. The zero-order valence-corrected chi connectivity index (χ0v) is 19.7. The van der Waals surface area contributed by atoms with Crippen molar-refractivity contribution in [3.05, 3.63) is 55.7 Å². The van der Waals surface area contributed by atoms with Gasteiger partial charge in [0.25, 0.3) is 5.91 Å². The molecular weight excluding hydrogens is 423 g/mol. The number of benzene rings is 1. The molecule has 0 aliphatic carbocycles. The fraction of sp³-hybridized carbons (Fsp3) is 0.522. The molecule has 0 bridgehead atoms. The lowest BCUT2D eigenvalue weighted by Gasteiger charge is -2.35. The Morgan fingerprint density at radius 1 is 1.17 bits per heavy atom. The van der Waals surface area contributed by atoms with Crippen LogP contribution in [0.2, 0.25) is 10.0 Å². The fourth-order valence-corrected chi connectivity index (χ4v) is 4.96. The first-order valence-electron chi connectivity index (χ1n) is 10.4. The van der Waals surface area contributed by atoms with E-state index in [9.17, 15) is 4.79 Å². The van der Waals surface area contributed by atoms with Gasteiger partial charge in [0.05, 0.1) is 14.9 Å². The number of thiophene rings is 1. The molecule has 1 amide bonds. The zero-order chi connectivity index (χ0) is 21.0. The van der Waals surface area contributed by atoms with Crippen LogP contribution in [0.1, 0.15) is 46.8 Å². The standard InChI is InChI=1S/C23H30Cl2N2OS/c1-15(2)21(26-23(28)22-7-4-16(3)29-22)14-27-10-8-17(9-11-27)12-18-5-6-19(24)20(25)13-18/h4-7,13,15,17,21H,8-12,14H2,1-3H3,(H,26,28). The summed E-state index contributed by atoms with van der Waals surface area (Å²) in [7, 11) is 0. The molecule has 1 aromatic heterocycles. The van der Waals surface area contributed by atoms with Crippen LogP contribution in [-0.4, -0.2) is 36.5 Å². The van der Waals surface area contributed by atoms with E-state index in [0.717, 1.165) is 30.9 Å². The first-order chi connectivity index (χ1) is 13.8. The molecule has 29 heavy (non-hydrogen) atoms. The highest BCUT2D eigenvalue weighted by Gasteiger charge is 2.25. The number of carbonyl (C=O) groups excluding carboxylic acids is 1. The Balaban J connectivity index is 1.49. The molecule has 1 aliphatic heterocycles. The molecule has 1 saturated heterocycles. The summed E-state index contributed by atoms with van der Waals surface area (Å²) in [5.41, 5.74) is 1.26. The predicted molar refractivity (Wildman–Crippen MR) is 124 cm³/mol. The molecule has 1 aromatic carbocycles. The maximum atomic E-state index is 12.6. The van der Waals surface area contributed by atoms with Crippen LogP contribution in [0.25, 0.3) is 0 Å². The first kappa shape index (κ1) is 22.6. The average molecular weight is 453 g/mol. The second-order valence-electron chi connectivity index (χ2n) is 8.43. The predicted octanol–water partition coefficient (Wildman–Crippen LogP) is 6.07. The molecule has 2 heterocycles. The molecule has 0 radical (unpaired) electrons. The van der Waals surface area contributed by atoms with Crippen molar-refractivity contribution >= 4 is 40.4 Å². The lowest BCUT2D eigenvalue weighted by Crippen LogP contribution is -2.48. The monoisotopic (exact) mass is 452 g/mol. The van der Waals surface area contributed by atoms with Gasteiger partial charge in [-0.2, -0.15) is 0 Å². The molecule has 1 N–H and O–H groups in total. The van der Waals surface area contributed by atoms with Crippen molar-refractivity contribution in [2.24, 2.45) is 11.8 Å². The van der Waals surface area contributed by atoms with Gasteiger partial charge in [0.1, 0.15) is 0 Å². The van der Waals surface area contributed by atoms with Gasteiger partial charge in [-0.05, 0) is 80.9 Å². The molecule has 1 unspecified atom stereocenters. The molecule has 1 aliphatic rings. The largest absolute Gasteiger partial charge is 0.347 e. The quantitative estimate of drug-likeness (QED) is 0.552. The summed E-state index contributed by atoms with van der Waals surface area (Å²) in [6.45, 7) is 9.45. The van der Waals surface area contributed by atoms with Crippen LogP contribution in [0.4, 0.5) is 0 Å². The molecule has 3 rings (SSSR count). The van der Waals surface area contributed by atoms with Crippen LogP contribution >= 0.6 is 34.5 Å². The number of hydrogen-bond acceptors (Lipinski definition) is 3. The summed E-state index contributed by atoms with van der Waals surface area (Å²) in [6.07, 6.45) is 3.39. The van der Waals surface area contributed by atoms with Crippen LogP contribution in [0, 0.1) is 18.8 Å². The topological polar surface area (TPSA) is 32.3 Å². The van der Waals surface area contributed by atoms with Crippen molar-refractivity contribution in [2.75, 3.05) is 19.6 Å². The SMILES string of the molecule is Cc1ccc(C(=O)NC(CN2CCC(Cc3ccc(Cl)c(Cl)c3)CC2)C(C)C)s1. The number of nitrogens with one attached hydrogen (secondary N) is 1. The fourth-order valence-electron chi connectivity index (χ4n) is 3.87. The molecule has 1 fully saturated rings. The van der Waals surface area contributed by atoms with Crippen molar-refractivity contribution in [1.82, 2.24) is 10.2 Å². The minimum absolute atomic E-state index is 0.0521. The van der Waals surface area contributed by atoms with Crippen molar-refractivity contribution in [1.29, 1.82) is 0 Å². The highest BCUT2D eigenvalue weighted by Crippen LogP contribution is 2.27. The lowest BCUT2D eigenvalue weighted by molar-refractivity contribution is 0.0897. The molecule has 1 atom stereocenters. The Labute approximate surface area is 188 Å². The molecule has 6 heteroatoms. The van der Waals surface area contributed by atoms with Crippen LogP contribution < -0.4 is 5.32 Å². The van der Waals surface area contributed by atoms with Gasteiger partial charge in [0.2, 0.25) is 0 Å². The van der Waals surface area contributed by atoms with Gasteiger partial charge in [-0.3, -0.25) is 4.79 Å². The smallest absolute Gasteiger partial charge is 0.261 e. The van der Waals surface area contributed by atoms with E-state index < -0.39 is 0 Å². The second-order valence-corrected chi connectivity index (χ2v) is 10.5. The number of hydrogen-bond donors (Lipinski definition) is 1. The second kappa shape index (κ2) is 10.3. The number of halogens is 2. The van der Waals surface area contributed by atoms with E-state index in [4.69, 9.17) is 23.2 Å². The number of carbonyl (C=O) groups is 1. The maximum Gasteiger partial charge on any atom is 0.261 e. The van der Waals surface area contributed by atoms with Crippen LogP contribution in [-0.2, 0) is 6.42 Å². The van der Waals surface area contributed by atoms with E-state index in [1.807, 2.05) is 31.2 Å². The van der Waals surface area contributed by atoms with Crippen molar-refractivity contribution in [3.8, 4) is 0 Å². The Morgan fingerprint density at radius 3 is 2.48 bits per heavy atom.